The van der Waals surface area contributed by atoms with Gasteiger partial charge in [-0.15, -0.1) is 11.3 Å². The van der Waals surface area contributed by atoms with E-state index in [1.165, 1.54) is 15.8 Å². The van der Waals surface area contributed by atoms with E-state index in [0.717, 1.165) is 18.4 Å². The van der Waals surface area contributed by atoms with Crippen LogP contribution in [0.2, 0.25) is 5.02 Å². The molecule has 3 heterocycles. The summed E-state index contributed by atoms with van der Waals surface area (Å²) in [6.07, 6.45) is 3.65. The molecule has 4 aromatic rings. The molecule has 7 heteroatoms. The average molecular weight is 492 g/mol. The SMILES string of the molecule is O=C(NC[C@@H](c1cccs1)c1c[nH]c2ccccc12)[C@H]1CCCN(C(=O)c2ccc(Cl)cc2)C1. The summed E-state index contributed by atoms with van der Waals surface area (Å²) in [5.74, 6) is -0.188. The topological polar surface area (TPSA) is 65.2 Å². The van der Waals surface area contributed by atoms with Crippen LogP contribution in [0.3, 0.4) is 0 Å². The van der Waals surface area contributed by atoms with Gasteiger partial charge < -0.3 is 15.2 Å². The fourth-order valence-corrected chi connectivity index (χ4v) is 5.71. The molecule has 2 N–H and O–H groups in total. The number of hydrogen-bond donors (Lipinski definition) is 2. The maximum absolute atomic E-state index is 13.2. The van der Waals surface area contributed by atoms with E-state index in [-0.39, 0.29) is 23.7 Å². The number of carbonyl (C=O) groups excluding carboxylic acids is 2. The van der Waals surface area contributed by atoms with Crippen molar-refractivity contribution in [1.29, 1.82) is 0 Å². The summed E-state index contributed by atoms with van der Waals surface area (Å²) < 4.78 is 0. The highest BCUT2D eigenvalue weighted by Gasteiger charge is 2.30. The van der Waals surface area contributed by atoms with Crippen molar-refractivity contribution in [2.24, 2.45) is 5.92 Å². The third-order valence-corrected chi connectivity index (χ3v) is 7.77. The summed E-state index contributed by atoms with van der Waals surface area (Å²) in [7, 11) is 0. The van der Waals surface area contributed by atoms with Crippen molar-refractivity contribution in [3.8, 4) is 0 Å². The molecule has 2 aromatic carbocycles. The summed E-state index contributed by atoms with van der Waals surface area (Å²) in [4.78, 5) is 32.5. The van der Waals surface area contributed by atoms with Crippen molar-refractivity contribution in [2.75, 3.05) is 19.6 Å². The van der Waals surface area contributed by atoms with E-state index >= 15 is 0 Å². The summed E-state index contributed by atoms with van der Waals surface area (Å²) in [6, 6.07) is 19.3. The number of nitrogens with one attached hydrogen (secondary N) is 2. The van der Waals surface area contributed by atoms with Gasteiger partial charge in [-0.2, -0.15) is 0 Å². The first-order chi connectivity index (χ1) is 16.6. The van der Waals surface area contributed by atoms with Crippen molar-refractivity contribution in [1.82, 2.24) is 15.2 Å². The van der Waals surface area contributed by atoms with Crippen LogP contribution in [0.25, 0.3) is 10.9 Å². The Morgan fingerprint density at radius 1 is 1.12 bits per heavy atom. The van der Waals surface area contributed by atoms with Gasteiger partial charge in [-0.25, -0.2) is 0 Å². The Labute approximate surface area is 207 Å². The third kappa shape index (κ3) is 4.74. The number of hydrogen-bond acceptors (Lipinski definition) is 3. The number of aromatic nitrogens is 1. The zero-order valence-electron chi connectivity index (χ0n) is 18.7. The Morgan fingerprint density at radius 2 is 1.94 bits per heavy atom. The number of fused-ring (bicyclic) bond motifs is 1. The first kappa shape index (κ1) is 22.7. The predicted molar refractivity (Wildman–Crippen MR) is 138 cm³/mol. The van der Waals surface area contributed by atoms with E-state index in [0.29, 0.717) is 30.2 Å². The molecule has 1 aliphatic heterocycles. The molecule has 0 aliphatic carbocycles. The molecule has 2 atom stereocenters. The number of likely N-dealkylation sites (tertiary alicyclic amines) is 1. The number of thiophene rings is 1. The zero-order chi connectivity index (χ0) is 23.5. The van der Waals surface area contributed by atoms with Crippen LogP contribution >= 0.6 is 22.9 Å². The maximum Gasteiger partial charge on any atom is 0.253 e. The number of H-pyrrole nitrogens is 1. The summed E-state index contributed by atoms with van der Waals surface area (Å²) in [5.41, 5.74) is 2.87. The molecule has 2 amide bonds. The van der Waals surface area contributed by atoms with Gasteiger partial charge in [-0.05, 0) is 60.2 Å². The maximum atomic E-state index is 13.2. The molecule has 5 nitrogen and oxygen atoms in total. The van der Waals surface area contributed by atoms with E-state index in [1.54, 1.807) is 40.5 Å². The second kappa shape index (κ2) is 10.0. The molecule has 1 saturated heterocycles. The number of halogens is 1. The molecule has 0 spiro atoms. The summed E-state index contributed by atoms with van der Waals surface area (Å²) in [5, 5.41) is 7.04. The smallest absolute Gasteiger partial charge is 0.253 e. The van der Waals surface area contributed by atoms with Crippen LogP contribution in [0.4, 0.5) is 0 Å². The number of nitrogens with zero attached hydrogens (tertiary/aromatic N) is 1. The largest absolute Gasteiger partial charge is 0.361 e. The second-order valence-corrected chi connectivity index (χ2v) is 10.1. The first-order valence-corrected chi connectivity index (χ1v) is 12.8. The fraction of sp³-hybridized carbons (Fsp3) is 0.259. The van der Waals surface area contributed by atoms with Crippen molar-refractivity contribution in [3.63, 3.8) is 0 Å². The van der Waals surface area contributed by atoms with Crippen LogP contribution in [0.5, 0.6) is 0 Å². The highest BCUT2D eigenvalue weighted by atomic mass is 35.5. The molecule has 0 saturated carbocycles. The van der Waals surface area contributed by atoms with Gasteiger partial charge >= 0.3 is 0 Å². The minimum absolute atomic E-state index is 0.00926. The van der Waals surface area contributed by atoms with Crippen molar-refractivity contribution in [2.45, 2.75) is 18.8 Å². The quantitative estimate of drug-likeness (QED) is 0.364. The Bertz CT molecular complexity index is 1280. The van der Waals surface area contributed by atoms with E-state index in [2.05, 4.69) is 33.9 Å². The monoisotopic (exact) mass is 491 g/mol. The number of carbonyl (C=O) groups is 2. The van der Waals surface area contributed by atoms with Gasteiger partial charge in [0.05, 0.1) is 5.92 Å². The predicted octanol–water partition coefficient (Wildman–Crippen LogP) is 5.68. The van der Waals surface area contributed by atoms with Crippen LogP contribution in [-0.4, -0.2) is 41.3 Å². The molecule has 0 bridgehead atoms. The van der Waals surface area contributed by atoms with Crippen LogP contribution in [0.1, 0.15) is 39.6 Å². The molecule has 5 rings (SSSR count). The Kier molecular flexibility index (Phi) is 6.70. The van der Waals surface area contributed by atoms with E-state index in [1.807, 2.05) is 24.4 Å². The Balaban J connectivity index is 1.28. The second-order valence-electron chi connectivity index (χ2n) is 8.70. The van der Waals surface area contributed by atoms with E-state index in [9.17, 15) is 9.59 Å². The Morgan fingerprint density at radius 3 is 2.74 bits per heavy atom. The molecule has 1 fully saturated rings. The lowest BCUT2D eigenvalue weighted by Gasteiger charge is -2.32. The highest BCUT2D eigenvalue weighted by Crippen LogP contribution is 2.33. The summed E-state index contributed by atoms with van der Waals surface area (Å²) in [6.45, 7) is 1.62. The van der Waals surface area contributed by atoms with Gasteiger partial charge in [-0.3, -0.25) is 9.59 Å². The number of benzene rings is 2. The lowest BCUT2D eigenvalue weighted by molar-refractivity contribution is -0.126. The molecule has 1 aliphatic rings. The molecule has 0 unspecified atom stereocenters. The van der Waals surface area contributed by atoms with E-state index in [4.69, 9.17) is 11.6 Å². The van der Waals surface area contributed by atoms with Crippen LogP contribution in [0.15, 0.2) is 72.2 Å². The molecule has 174 valence electrons. The van der Waals surface area contributed by atoms with Gasteiger partial charge in [0.1, 0.15) is 0 Å². The van der Waals surface area contributed by atoms with Crippen LogP contribution < -0.4 is 5.32 Å². The van der Waals surface area contributed by atoms with Crippen molar-refractivity contribution >= 4 is 45.7 Å². The number of rotatable bonds is 6. The van der Waals surface area contributed by atoms with Gasteiger partial charge in [0.25, 0.3) is 5.91 Å². The molecule has 2 aromatic heterocycles. The lowest BCUT2D eigenvalue weighted by Crippen LogP contribution is -2.46. The van der Waals surface area contributed by atoms with Gasteiger partial charge in [0.2, 0.25) is 5.91 Å². The minimum atomic E-state index is -0.211. The van der Waals surface area contributed by atoms with Gasteiger partial charge in [-0.1, -0.05) is 35.9 Å². The van der Waals surface area contributed by atoms with Crippen molar-refractivity contribution in [3.05, 3.63) is 93.3 Å². The summed E-state index contributed by atoms with van der Waals surface area (Å²) >= 11 is 7.65. The molecule has 0 radical (unpaired) electrons. The molecular weight excluding hydrogens is 466 g/mol. The highest BCUT2D eigenvalue weighted by molar-refractivity contribution is 7.10. The van der Waals surface area contributed by atoms with Crippen molar-refractivity contribution < 1.29 is 9.59 Å². The zero-order valence-corrected chi connectivity index (χ0v) is 20.2. The number of amides is 2. The minimum Gasteiger partial charge on any atom is -0.361 e. The molecule has 34 heavy (non-hydrogen) atoms. The van der Waals surface area contributed by atoms with E-state index < -0.39 is 0 Å². The fourth-order valence-electron chi connectivity index (χ4n) is 4.73. The van der Waals surface area contributed by atoms with Gasteiger partial charge in [0, 0.05) is 58.1 Å². The number of piperidine rings is 1. The first-order valence-electron chi connectivity index (χ1n) is 11.5. The van der Waals surface area contributed by atoms with Crippen LogP contribution in [0, 0.1) is 5.92 Å². The van der Waals surface area contributed by atoms with Gasteiger partial charge in [0.15, 0.2) is 0 Å². The Hall–Kier alpha value is -3.09. The number of aromatic amines is 1. The third-order valence-electron chi connectivity index (χ3n) is 6.53. The average Bonchev–Trinajstić information content (AvgIpc) is 3.55. The van der Waals surface area contributed by atoms with Crippen LogP contribution in [-0.2, 0) is 4.79 Å². The lowest BCUT2D eigenvalue weighted by atomic mass is 9.94. The number of para-hydroxylation sites is 1. The standard InChI is InChI=1S/C27H26ClN3O2S/c28-20-11-9-18(10-12-20)27(33)31-13-3-5-19(17-31)26(32)30-16-23(25-8-4-14-34-25)22-15-29-24-7-2-1-6-21(22)24/h1-2,4,6-12,14-15,19,23,29H,3,5,13,16-17H2,(H,30,32)/t19-,23+/m0/s1. The molecular formula is C27H26ClN3O2S. The normalized spacial score (nSPS) is 17.0.